The molecule has 0 bridgehead atoms. The van der Waals surface area contributed by atoms with Gasteiger partial charge < -0.3 is 0 Å². The summed E-state index contributed by atoms with van der Waals surface area (Å²) in [5, 5.41) is 17.7. The topological polar surface area (TPSA) is 81.7 Å². The molecule has 96 valence electrons. The predicted octanol–water partition coefficient (Wildman–Crippen LogP) is 2.62. The highest BCUT2D eigenvalue weighted by molar-refractivity contribution is 6.08. The number of rotatable bonds is 5. The van der Waals surface area contributed by atoms with Crippen molar-refractivity contribution >= 4 is 11.6 Å². The van der Waals surface area contributed by atoms with Crippen molar-refractivity contribution in [3.05, 3.63) is 34.9 Å². The molecule has 0 spiro atoms. The molecule has 0 N–H and O–H groups in total. The van der Waals surface area contributed by atoms with Gasteiger partial charge >= 0.3 is 0 Å². The summed E-state index contributed by atoms with van der Waals surface area (Å²) in [4.78, 5) is 23.6. The quantitative estimate of drug-likeness (QED) is 0.597. The zero-order valence-electron chi connectivity index (χ0n) is 10.9. The first-order chi connectivity index (χ1) is 9.03. The first kappa shape index (κ1) is 14.6. The van der Waals surface area contributed by atoms with E-state index in [1.807, 2.05) is 19.1 Å². The third kappa shape index (κ3) is 3.50. The van der Waals surface area contributed by atoms with Crippen LogP contribution in [0.1, 0.15) is 48.2 Å². The third-order valence-electron chi connectivity index (χ3n) is 3.08. The van der Waals surface area contributed by atoms with Crippen molar-refractivity contribution in [1.29, 1.82) is 10.5 Å². The average Bonchev–Trinajstić information content (AvgIpc) is 2.45. The molecule has 1 rings (SSSR count). The molecule has 19 heavy (non-hydrogen) atoms. The van der Waals surface area contributed by atoms with Gasteiger partial charge in [0, 0.05) is 11.5 Å². The maximum Gasteiger partial charge on any atom is 0.170 e. The van der Waals surface area contributed by atoms with Crippen LogP contribution in [0.5, 0.6) is 0 Å². The lowest BCUT2D eigenvalue weighted by atomic mass is 9.95. The van der Waals surface area contributed by atoms with Crippen LogP contribution in [-0.2, 0) is 4.79 Å². The molecule has 0 aromatic heterocycles. The highest BCUT2D eigenvalue weighted by Gasteiger charge is 2.17. The molecule has 0 heterocycles. The molecule has 0 aliphatic rings. The van der Waals surface area contributed by atoms with Crippen molar-refractivity contribution in [2.45, 2.75) is 26.7 Å². The van der Waals surface area contributed by atoms with Gasteiger partial charge in [-0.05, 0) is 24.6 Å². The Kier molecular flexibility index (Phi) is 4.97. The zero-order chi connectivity index (χ0) is 14.4. The predicted molar refractivity (Wildman–Crippen MR) is 69.3 cm³/mol. The summed E-state index contributed by atoms with van der Waals surface area (Å²) in [5.74, 6) is -0.556. The number of nitriles is 2. The second-order valence-corrected chi connectivity index (χ2v) is 4.36. The second kappa shape index (κ2) is 6.47. The molecule has 1 aromatic rings. The SMILES string of the molecule is CCC(C)C(=O)CC(=O)c1ccc(C#N)c(C#N)c1. The number of ketones is 2. The molecule has 0 saturated heterocycles. The molecule has 0 amide bonds. The Bertz CT molecular complexity index is 591. The summed E-state index contributed by atoms with van der Waals surface area (Å²) in [6.07, 6.45) is 0.536. The summed E-state index contributed by atoms with van der Waals surface area (Å²) in [6, 6.07) is 8.02. The summed E-state index contributed by atoms with van der Waals surface area (Å²) in [5.41, 5.74) is 0.684. The number of carbonyl (C=O) groups is 2. The lowest BCUT2D eigenvalue weighted by Crippen LogP contribution is -2.15. The minimum Gasteiger partial charge on any atom is -0.299 e. The van der Waals surface area contributed by atoms with Gasteiger partial charge in [0.05, 0.1) is 17.5 Å². The Morgan fingerprint density at radius 1 is 1.21 bits per heavy atom. The fourth-order valence-corrected chi connectivity index (χ4v) is 1.57. The van der Waals surface area contributed by atoms with Crippen molar-refractivity contribution in [2.24, 2.45) is 5.92 Å². The number of hydrogen-bond donors (Lipinski definition) is 0. The standard InChI is InChI=1S/C15H14N2O2/c1-3-10(2)14(18)7-15(19)11-4-5-12(8-16)13(6-11)9-17/h4-6,10H,3,7H2,1-2H3. The molecule has 1 atom stereocenters. The van der Waals surface area contributed by atoms with Crippen LogP contribution >= 0.6 is 0 Å². The van der Waals surface area contributed by atoms with Gasteiger partial charge in [-0.1, -0.05) is 13.8 Å². The van der Waals surface area contributed by atoms with Gasteiger partial charge in [0.2, 0.25) is 0 Å². The summed E-state index contributed by atoms with van der Waals surface area (Å²) >= 11 is 0. The van der Waals surface area contributed by atoms with E-state index in [1.165, 1.54) is 18.2 Å². The fourth-order valence-electron chi connectivity index (χ4n) is 1.57. The molecule has 0 fully saturated rings. The third-order valence-corrected chi connectivity index (χ3v) is 3.08. The van der Waals surface area contributed by atoms with Gasteiger partial charge in [0.25, 0.3) is 0 Å². The van der Waals surface area contributed by atoms with Gasteiger partial charge in [-0.15, -0.1) is 0 Å². The van der Waals surface area contributed by atoms with Gasteiger partial charge in [0.15, 0.2) is 5.78 Å². The van der Waals surface area contributed by atoms with Crippen LogP contribution in [-0.4, -0.2) is 11.6 Å². The Hall–Kier alpha value is -2.46. The molecule has 0 radical (unpaired) electrons. The number of nitrogens with zero attached hydrogens (tertiary/aromatic N) is 2. The summed E-state index contributed by atoms with van der Waals surface area (Å²) in [7, 11) is 0. The van der Waals surface area contributed by atoms with Crippen LogP contribution in [0, 0.1) is 28.6 Å². The van der Waals surface area contributed by atoms with Crippen molar-refractivity contribution in [3.63, 3.8) is 0 Å². The smallest absolute Gasteiger partial charge is 0.170 e. The molecule has 0 aliphatic carbocycles. The van der Waals surface area contributed by atoms with E-state index in [4.69, 9.17) is 10.5 Å². The lowest BCUT2D eigenvalue weighted by molar-refractivity contribution is -0.121. The Morgan fingerprint density at radius 3 is 2.37 bits per heavy atom. The van der Waals surface area contributed by atoms with Crippen LogP contribution in [0.25, 0.3) is 0 Å². The number of carbonyl (C=O) groups excluding carboxylic acids is 2. The largest absolute Gasteiger partial charge is 0.299 e. The summed E-state index contributed by atoms with van der Waals surface area (Å²) in [6.45, 7) is 3.68. The highest BCUT2D eigenvalue weighted by Crippen LogP contribution is 2.14. The van der Waals surface area contributed by atoms with Crippen molar-refractivity contribution in [3.8, 4) is 12.1 Å². The van der Waals surface area contributed by atoms with Crippen LogP contribution in [0.3, 0.4) is 0 Å². The van der Waals surface area contributed by atoms with E-state index in [-0.39, 0.29) is 35.0 Å². The maximum absolute atomic E-state index is 11.9. The number of benzene rings is 1. The zero-order valence-corrected chi connectivity index (χ0v) is 10.9. The van der Waals surface area contributed by atoms with E-state index in [0.29, 0.717) is 12.0 Å². The van der Waals surface area contributed by atoms with Crippen molar-refractivity contribution in [2.75, 3.05) is 0 Å². The van der Waals surface area contributed by atoms with E-state index in [2.05, 4.69) is 0 Å². The van der Waals surface area contributed by atoms with E-state index >= 15 is 0 Å². The molecule has 0 aliphatic heterocycles. The van der Waals surface area contributed by atoms with E-state index in [1.54, 1.807) is 6.92 Å². The monoisotopic (exact) mass is 254 g/mol. The summed E-state index contributed by atoms with van der Waals surface area (Å²) < 4.78 is 0. The molecular weight excluding hydrogens is 240 g/mol. The first-order valence-electron chi connectivity index (χ1n) is 6.03. The molecule has 4 heteroatoms. The van der Waals surface area contributed by atoms with Gasteiger partial charge in [0.1, 0.15) is 17.9 Å². The van der Waals surface area contributed by atoms with Crippen LogP contribution in [0.15, 0.2) is 18.2 Å². The first-order valence-corrected chi connectivity index (χ1v) is 6.03. The average molecular weight is 254 g/mol. The molecule has 4 nitrogen and oxygen atoms in total. The highest BCUT2D eigenvalue weighted by atomic mass is 16.1. The molecule has 1 unspecified atom stereocenters. The Balaban J connectivity index is 2.94. The van der Waals surface area contributed by atoms with Gasteiger partial charge in [-0.3, -0.25) is 9.59 Å². The van der Waals surface area contributed by atoms with E-state index < -0.39 is 0 Å². The van der Waals surface area contributed by atoms with Crippen LogP contribution < -0.4 is 0 Å². The second-order valence-electron chi connectivity index (χ2n) is 4.36. The van der Waals surface area contributed by atoms with Crippen LogP contribution in [0.4, 0.5) is 0 Å². The maximum atomic E-state index is 11.9. The van der Waals surface area contributed by atoms with Gasteiger partial charge in [-0.25, -0.2) is 0 Å². The Labute approximate surface area is 112 Å². The fraction of sp³-hybridized carbons (Fsp3) is 0.333. The number of hydrogen-bond acceptors (Lipinski definition) is 4. The molecule has 0 saturated carbocycles. The van der Waals surface area contributed by atoms with Crippen molar-refractivity contribution < 1.29 is 9.59 Å². The van der Waals surface area contributed by atoms with Crippen LogP contribution in [0.2, 0.25) is 0 Å². The minimum atomic E-state index is -0.314. The number of Topliss-reactive ketones (excluding diaryl/α,β-unsaturated/α-hetero) is 2. The molecule has 1 aromatic carbocycles. The minimum absolute atomic E-state index is 0.102. The van der Waals surface area contributed by atoms with Crippen molar-refractivity contribution in [1.82, 2.24) is 0 Å². The van der Waals surface area contributed by atoms with E-state index in [0.717, 1.165) is 0 Å². The lowest BCUT2D eigenvalue weighted by Gasteiger charge is -2.07. The molecular formula is C15H14N2O2. The van der Waals surface area contributed by atoms with Gasteiger partial charge in [-0.2, -0.15) is 10.5 Å². The normalized spacial score (nSPS) is 11.2. The van der Waals surface area contributed by atoms with E-state index in [9.17, 15) is 9.59 Å². The Morgan fingerprint density at radius 2 is 1.84 bits per heavy atom.